The first-order valence-electron chi connectivity index (χ1n) is 5.29. The summed E-state index contributed by atoms with van der Waals surface area (Å²) >= 11 is 0. The van der Waals surface area contributed by atoms with Crippen molar-refractivity contribution in [2.45, 2.75) is 25.2 Å². The highest BCUT2D eigenvalue weighted by molar-refractivity contribution is 7.88. The minimum absolute atomic E-state index is 0.176. The van der Waals surface area contributed by atoms with Gasteiger partial charge in [-0.05, 0) is 31.0 Å². The summed E-state index contributed by atoms with van der Waals surface area (Å²) in [6.45, 7) is 1.76. The molecular weight excluding hydrogens is 245 g/mol. The Hall–Kier alpha value is -0.980. The number of nitrogens with one attached hydrogen (secondary N) is 1. The lowest BCUT2D eigenvalue weighted by Gasteiger charge is -2.08. The van der Waals surface area contributed by atoms with E-state index in [1.165, 1.54) is 18.2 Å². The highest BCUT2D eigenvalue weighted by Crippen LogP contribution is 2.07. The lowest BCUT2D eigenvalue weighted by molar-refractivity contribution is 0.186. The van der Waals surface area contributed by atoms with Crippen molar-refractivity contribution >= 4 is 10.0 Å². The minimum Gasteiger partial charge on any atom is -0.393 e. The summed E-state index contributed by atoms with van der Waals surface area (Å²) in [6.07, 6.45) is -0.200. The SMILES string of the molecule is CC(O)CCNS(=O)(=O)Cc1cccc(F)c1. The molecule has 1 aromatic carbocycles. The van der Waals surface area contributed by atoms with E-state index in [1.54, 1.807) is 13.0 Å². The number of aliphatic hydroxyl groups excluding tert-OH is 1. The van der Waals surface area contributed by atoms with Crippen molar-refractivity contribution in [3.8, 4) is 0 Å². The third kappa shape index (κ3) is 5.76. The maximum atomic E-state index is 12.9. The first kappa shape index (κ1) is 14.1. The third-order valence-electron chi connectivity index (χ3n) is 2.13. The van der Waals surface area contributed by atoms with E-state index in [-0.39, 0.29) is 12.3 Å². The van der Waals surface area contributed by atoms with Crippen LogP contribution in [0.25, 0.3) is 0 Å². The van der Waals surface area contributed by atoms with Gasteiger partial charge in [-0.15, -0.1) is 0 Å². The molecule has 1 unspecified atom stereocenters. The normalized spacial score (nSPS) is 13.6. The first-order valence-corrected chi connectivity index (χ1v) is 6.94. The van der Waals surface area contributed by atoms with Gasteiger partial charge in [0.25, 0.3) is 0 Å². The van der Waals surface area contributed by atoms with E-state index < -0.39 is 21.9 Å². The summed E-state index contributed by atoms with van der Waals surface area (Å²) in [7, 11) is -3.47. The fraction of sp³-hybridized carbons (Fsp3) is 0.455. The molecule has 17 heavy (non-hydrogen) atoms. The van der Waals surface area contributed by atoms with Crippen LogP contribution in [-0.2, 0) is 15.8 Å². The lowest BCUT2D eigenvalue weighted by Crippen LogP contribution is -2.27. The summed E-state index contributed by atoms with van der Waals surface area (Å²) in [4.78, 5) is 0. The molecule has 0 heterocycles. The third-order valence-corrected chi connectivity index (χ3v) is 3.49. The molecule has 2 N–H and O–H groups in total. The van der Waals surface area contributed by atoms with Gasteiger partial charge in [-0.1, -0.05) is 12.1 Å². The summed E-state index contributed by atoms with van der Waals surface area (Å²) in [5, 5.41) is 8.99. The van der Waals surface area contributed by atoms with Gasteiger partial charge in [0.15, 0.2) is 0 Å². The number of benzene rings is 1. The van der Waals surface area contributed by atoms with Crippen LogP contribution in [0.5, 0.6) is 0 Å². The van der Waals surface area contributed by atoms with E-state index in [9.17, 15) is 12.8 Å². The number of rotatable bonds is 6. The molecule has 0 aromatic heterocycles. The molecule has 6 heteroatoms. The number of hydrogen-bond acceptors (Lipinski definition) is 3. The van der Waals surface area contributed by atoms with Gasteiger partial charge < -0.3 is 5.11 Å². The Labute approximate surface area is 101 Å². The van der Waals surface area contributed by atoms with Crippen LogP contribution in [0, 0.1) is 5.82 Å². The van der Waals surface area contributed by atoms with E-state index in [0.29, 0.717) is 12.0 Å². The van der Waals surface area contributed by atoms with Crippen LogP contribution in [0.3, 0.4) is 0 Å². The van der Waals surface area contributed by atoms with Gasteiger partial charge in [0.1, 0.15) is 5.82 Å². The molecule has 1 aromatic rings. The van der Waals surface area contributed by atoms with Crippen LogP contribution in [0.15, 0.2) is 24.3 Å². The summed E-state index contributed by atoms with van der Waals surface area (Å²) in [5.41, 5.74) is 0.398. The Balaban J connectivity index is 2.55. The van der Waals surface area contributed by atoms with E-state index in [2.05, 4.69) is 4.72 Å². The maximum Gasteiger partial charge on any atom is 0.215 e. The van der Waals surface area contributed by atoms with Crippen molar-refractivity contribution in [2.24, 2.45) is 0 Å². The fourth-order valence-corrected chi connectivity index (χ4v) is 2.47. The standard InChI is InChI=1S/C11H16FNO3S/c1-9(14)5-6-13-17(15,16)8-10-3-2-4-11(12)7-10/h2-4,7,9,13-14H,5-6,8H2,1H3. The van der Waals surface area contributed by atoms with Crippen LogP contribution < -0.4 is 4.72 Å². The van der Waals surface area contributed by atoms with Gasteiger partial charge in [-0.25, -0.2) is 17.5 Å². The van der Waals surface area contributed by atoms with Gasteiger partial charge in [-0.3, -0.25) is 0 Å². The fourth-order valence-electron chi connectivity index (χ4n) is 1.32. The summed E-state index contributed by atoms with van der Waals surface area (Å²) < 4.78 is 38.4. The van der Waals surface area contributed by atoms with E-state index >= 15 is 0 Å². The lowest BCUT2D eigenvalue weighted by atomic mass is 10.2. The molecule has 96 valence electrons. The molecule has 0 radical (unpaired) electrons. The molecule has 0 fully saturated rings. The molecule has 0 bridgehead atoms. The monoisotopic (exact) mass is 261 g/mol. The molecule has 0 saturated carbocycles. The largest absolute Gasteiger partial charge is 0.393 e. The first-order chi connectivity index (χ1) is 7.89. The summed E-state index contributed by atoms with van der Waals surface area (Å²) in [5.74, 6) is -0.716. The zero-order valence-corrected chi connectivity index (χ0v) is 10.4. The van der Waals surface area contributed by atoms with Crippen LogP contribution in [0.2, 0.25) is 0 Å². The van der Waals surface area contributed by atoms with E-state index in [1.807, 2.05) is 0 Å². The second-order valence-electron chi connectivity index (χ2n) is 3.92. The summed E-state index contributed by atoms with van der Waals surface area (Å²) in [6, 6.07) is 5.47. The Kier molecular flexibility index (Phi) is 5.04. The number of hydrogen-bond donors (Lipinski definition) is 2. The smallest absolute Gasteiger partial charge is 0.215 e. The van der Waals surface area contributed by atoms with Crippen molar-refractivity contribution in [3.63, 3.8) is 0 Å². The van der Waals surface area contributed by atoms with Crippen LogP contribution in [-0.4, -0.2) is 26.2 Å². The van der Waals surface area contributed by atoms with Gasteiger partial charge in [0.2, 0.25) is 10.0 Å². The Bertz CT molecular complexity index is 460. The zero-order valence-electron chi connectivity index (χ0n) is 9.56. The highest BCUT2D eigenvalue weighted by Gasteiger charge is 2.11. The zero-order chi connectivity index (χ0) is 12.9. The van der Waals surface area contributed by atoms with Crippen molar-refractivity contribution in [1.82, 2.24) is 4.72 Å². The van der Waals surface area contributed by atoms with Gasteiger partial charge in [-0.2, -0.15) is 0 Å². The molecule has 0 amide bonds. The number of halogens is 1. The van der Waals surface area contributed by atoms with Crippen LogP contribution in [0.4, 0.5) is 4.39 Å². The van der Waals surface area contributed by atoms with E-state index in [4.69, 9.17) is 5.11 Å². The van der Waals surface area contributed by atoms with Crippen molar-refractivity contribution < 1.29 is 17.9 Å². The molecule has 1 atom stereocenters. The average molecular weight is 261 g/mol. The molecule has 4 nitrogen and oxygen atoms in total. The van der Waals surface area contributed by atoms with Crippen molar-refractivity contribution in [1.29, 1.82) is 0 Å². The highest BCUT2D eigenvalue weighted by atomic mass is 32.2. The molecular formula is C11H16FNO3S. The Morgan fingerprint density at radius 2 is 2.18 bits per heavy atom. The van der Waals surface area contributed by atoms with Crippen LogP contribution >= 0.6 is 0 Å². The predicted molar refractivity (Wildman–Crippen MR) is 63.3 cm³/mol. The number of aliphatic hydroxyl groups is 1. The molecule has 0 aliphatic carbocycles. The van der Waals surface area contributed by atoms with Crippen molar-refractivity contribution in [3.05, 3.63) is 35.6 Å². The van der Waals surface area contributed by atoms with Gasteiger partial charge in [0.05, 0.1) is 11.9 Å². The maximum absolute atomic E-state index is 12.9. The second kappa shape index (κ2) is 6.09. The minimum atomic E-state index is -3.47. The van der Waals surface area contributed by atoms with Gasteiger partial charge in [0, 0.05) is 6.54 Å². The van der Waals surface area contributed by atoms with Crippen LogP contribution in [0.1, 0.15) is 18.9 Å². The Morgan fingerprint density at radius 3 is 2.76 bits per heavy atom. The predicted octanol–water partition coefficient (Wildman–Crippen LogP) is 1.02. The van der Waals surface area contributed by atoms with Crippen molar-refractivity contribution in [2.75, 3.05) is 6.54 Å². The topological polar surface area (TPSA) is 66.4 Å². The molecule has 0 spiro atoms. The molecule has 0 aliphatic rings. The number of sulfonamides is 1. The molecule has 0 saturated heterocycles. The van der Waals surface area contributed by atoms with E-state index in [0.717, 1.165) is 0 Å². The Morgan fingerprint density at radius 1 is 1.47 bits per heavy atom. The van der Waals surface area contributed by atoms with Gasteiger partial charge >= 0.3 is 0 Å². The quantitative estimate of drug-likeness (QED) is 0.803. The molecule has 0 aliphatic heterocycles. The second-order valence-corrected chi connectivity index (χ2v) is 5.73. The average Bonchev–Trinajstić information content (AvgIpc) is 2.15. The molecule has 1 rings (SSSR count).